The van der Waals surface area contributed by atoms with Gasteiger partial charge in [-0.15, -0.1) is 0 Å². The second-order valence-electron chi connectivity index (χ2n) is 4.53. The van der Waals surface area contributed by atoms with Crippen molar-refractivity contribution < 1.29 is 14.3 Å². The van der Waals surface area contributed by atoms with E-state index >= 15 is 0 Å². The van der Waals surface area contributed by atoms with Crippen molar-refractivity contribution in [3.05, 3.63) is 48.5 Å². The number of aromatic nitrogens is 2. The Morgan fingerprint density at radius 2 is 2.04 bits per heavy atom. The summed E-state index contributed by atoms with van der Waals surface area (Å²) in [5.41, 5.74) is 0.930. The molecular weight excluding hydrogens is 294 g/mol. The number of nitrogens with one attached hydrogen (secondary N) is 1. The molecule has 2 heterocycles. The first-order chi connectivity index (χ1) is 11.2. The molecule has 2 rings (SSSR count). The monoisotopic (exact) mass is 311 g/mol. The fraction of sp³-hybridized carbons (Fsp3) is 0.235. The number of hydrogen-bond donors (Lipinski definition) is 1. The lowest BCUT2D eigenvalue weighted by atomic mass is 10.4. The number of ether oxygens (including phenoxy) is 2. The summed E-state index contributed by atoms with van der Waals surface area (Å²) < 4.78 is 10.7. The van der Waals surface area contributed by atoms with E-state index in [0.29, 0.717) is 11.5 Å². The molecule has 0 atom stereocenters. The van der Waals surface area contributed by atoms with Crippen molar-refractivity contribution in [1.29, 1.82) is 0 Å². The highest BCUT2D eigenvalue weighted by Crippen LogP contribution is 2.07. The molecule has 0 unspecified atom stereocenters. The summed E-state index contributed by atoms with van der Waals surface area (Å²) >= 11 is 0. The van der Waals surface area contributed by atoms with Crippen LogP contribution in [0.1, 0.15) is 5.69 Å². The van der Waals surface area contributed by atoms with Crippen LogP contribution in [0.2, 0.25) is 0 Å². The van der Waals surface area contributed by atoms with E-state index in [1.165, 1.54) is 0 Å². The van der Waals surface area contributed by atoms with Crippen molar-refractivity contribution in [2.24, 2.45) is 0 Å². The zero-order valence-corrected chi connectivity index (χ0v) is 12.8. The number of amides is 1. The number of carbonyl (C=O) groups excluding carboxylic acids is 1. The molecule has 118 valence electrons. The van der Waals surface area contributed by atoms with Gasteiger partial charge in [0.15, 0.2) is 6.61 Å². The third-order valence-electron chi connectivity index (χ3n) is 2.70. The molecule has 0 aliphatic carbocycles. The van der Waals surface area contributed by atoms with Crippen LogP contribution in [0.15, 0.2) is 42.9 Å². The van der Waals surface area contributed by atoms with Crippen LogP contribution in [0, 0.1) is 18.8 Å². The van der Waals surface area contributed by atoms with Gasteiger partial charge in [-0.05, 0) is 31.2 Å². The van der Waals surface area contributed by atoms with E-state index in [-0.39, 0.29) is 25.7 Å². The maximum atomic E-state index is 11.5. The SMILES string of the molecule is Cc1ccc(OCC#CCNC(=O)COc2cccnc2)cn1. The van der Waals surface area contributed by atoms with Crippen molar-refractivity contribution in [2.75, 3.05) is 19.8 Å². The molecule has 6 heteroatoms. The highest BCUT2D eigenvalue weighted by molar-refractivity contribution is 5.77. The Morgan fingerprint density at radius 3 is 2.78 bits per heavy atom. The molecule has 0 bridgehead atoms. The van der Waals surface area contributed by atoms with E-state index in [9.17, 15) is 4.79 Å². The molecule has 2 aromatic heterocycles. The van der Waals surface area contributed by atoms with Gasteiger partial charge in [0.1, 0.15) is 18.1 Å². The summed E-state index contributed by atoms with van der Waals surface area (Å²) in [6.07, 6.45) is 4.83. The van der Waals surface area contributed by atoms with Gasteiger partial charge in [0.25, 0.3) is 5.91 Å². The summed E-state index contributed by atoms with van der Waals surface area (Å²) in [7, 11) is 0. The van der Waals surface area contributed by atoms with Gasteiger partial charge < -0.3 is 14.8 Å². The van der Waals surface area contributed by atoms with Crippen LogP contribution in [0.4, 0.5) is 0 Å². The number of aryl methyl sites for hydroxylation is 1. The molecule has 0 aliphatic heterocycles. The number of pyridine rings is 2. The highest BCUT2D eigenvalue weighted by atomic mass is 16.5. The number of rotatable bonds is 6. The minimum atomic E-state index is -0.244. The Hall–Kier alpha value is -3.07. The summed E-state index contributed by atoms with van der Waals surface area (Å²) in [4.78, 5) is 19.5. The van der Waals surface area contributed by atoms with E-state index in [1.807, 2.05) is 19.1 Å². The van der Waals surface area contributed by atoms with Gasteiger partial charge in [-0.3, -0.25) is 14.8 Å². The maximum Gasteiger partial charge on any atom is 0.258 e. The molecule has 1 N–H and O–H groups in total. The molecule has 0 fully saturated rings. The molecule has 0 saturated carbocycles. The predicted molar refractivity (Wildman–Crippen MR) is 85.0 cm³/mol. The lowest BCUT2D eigenvalue weighted by molar-refractivity contribution is -0.122. The number of hydrogen-bond acceptors (Lipinski definition) is 5. The van der Waals surface area contributed by atoms with E-state index in [2.05, 4.69) is 27.1 Å². The van der Waals surface area contributed by atoms with Gasteiger partial charge in [-0.1, -0.05) is 11.8 Å². The molecule has 0 spiro atoms. The van der Waals surface area contributed by atoms with Crippen molar-refractivity contribution in [3.8, 4) is 23.3 Å². The molecule has 6 nitrogen and oxygen atoms in total. The van der Waals surface area contributed by atoms with E-state index in [4.69, 9.17) is 9.47 Å². The van der Waals surface area contributed by atoms with Crippen molar-refractivity contribution in [2.45, 2.75) is 6.92 Å². The Bertz CT molecular complexity index is 676. The van der Waals surface area contributed by atoms with E-state index in [0.717, 1.165) is 5.69 Å². The third-order valence-corrected chi connectivity index (χ3v) is 2.70. The Morgan fingerprint density at radius 1 is 1.17 bits per heavy atom. The van der Waals surface area contributed by atoms with Gasteiger partial charge in [-0.2, -0.15) is 0 Å². The van der Waals surface area contributed by atoms with Crippen LogP contribution in [-0.4, -0.2) is 35.6 Å². The topological polar surface area (TPSA) is 73.3 Å². The molecule has 1 amide bonds. The average Bonchev–Trinajstić information content (AvgIpc) is 2.58. The van der Waals surface area contributed by atoms with Crippen LogP contribution in [0.5, 0.6) is 11.5 Å². The van der Waals surface area contributed by atoms with Gasteiger partial charge in [-0.25, -0.2) is 0 Å². The molecular formula is C17H17N3O3. The minimum absolute atomic E-state index is 0.0705. The first-order valence-electron chi connectivity index (χ1n) is 7.05. The number of nitrogens with zero attached hydrogens (tertiary/aromatic N) is 2. The van der Waals surface area contributed by atoms with Gasteiger partial charge in [0, 0.05) is 11.9 Å². The van der Waals surface area contributed by atoms with Crippen molar-refractivity contribution >= 4 is 5.91 Å². The predicted octanol–water partition coefficient (Wildman–Crippen LogP) is 1.36. The zero-order valence-electron chi connectivity index (χ0n) is 12.8. The largest absolute Gasteiger partial charge is 0.482 e. The molecule has 0 aromatic carbocycles. The van der Waals surface area contributed by atoms with Crippen LogP contribution < -0.4 is 14.8 Å². The summed E-state index contributed by atoms with van der Waals surface area (Å²) in [6, 6.07) is 7.17. The molecule has 0 saturated heterocycles. The van der Waals surface area contributed by atoms with Crippen LogP contribution >= 0.6 is 0 Å². The summed E-state index contributed by atoms with van der Waals surface area (Å²) in [5, 5.41) is 2.63. The lowest BCUT2D eigenvalue weighted by Crippen LogP contribution is -2.29. The maximum absolute atomic E-state index is 11.5. The highest BCUT2D eigenvalue weighted by Gasteiger charge is 2.00. The molecule has 23 heavy (non-hydrogen) atoms. The molecule has 0 aliphatic rings. The van der Waals surface area contributed by atoms with Gasteiger partial charge in [0.05, 0.1) is 18.9 Å². The first kappa shape index (κ1) is 16.3. The number of carbonyl (C=O) groups is 1. The average molecular weight is 311 g/mol. The Labute approximate surface area is 134 Å². The third kappa shape index (κ3) is 6.48. The fourth-order valence-corrected chi connectivity index (χ4v) is 1.55. The van der Waals surface area contributed by atoms with Crippen LogP contribution in [0.3, 0.4) is 0 Å². The van der Waals surface area contributed by atoms with Crippen molar-refractivity contribution in [3.63, 3.8) is 0 Å². The molecule has 0 radical (unpaired) electrons. The minimum Gasteiger partial charge on any atom is -0.482 e. The van der Waals surface area contributed by atoms with Crippen LogP contribution in [0.25, 0.3) is 0 Å². The quantitative estimate of drug-likeness (QED) is 0.816. The second-order valence-corrected chi connectivity index (χ2v) is 4.53. The lowest BCUT2D eigenvalue weighted by Gasteiger charge is -2.04. The Balaban J connectivity index is 1.59. The normalized spacial score (nSPS) is 9.43. The van der Waals surface area contributed by atoms with Crippen molar-refractivity contribution in [1.82, 2.24) is 15.3 Å². The zero-order chi connectivity index (χ0) is 16.3. The smallest absolute Gasteiger partial charge is 0.258 e. The van der Waals surface area contributed by atoms with E-state index < -0.39 is 0 Å². The van der Waals surface area contributed by atoms with Gasteiger partial charge in [0.2, 0.25) is 0 Å². The Kier molecular flexibility index (Phi) is 6.42. The molecule has 2 aromatic rings. The summed E-state index contributed by atoms with van der Waals surface area (Å²) in [6.45, 7) is 2.32. The second kappa shape index (κ2) is 9.05. The van der Waals surface area contributed by atoms with E-state index in [1.54, 1.807) is 30.7 Å². The van der Waals surface area contributed by atoms with Crippen LogP contribution in [-0.2, 0) is 4.79 Å². The fourth-order valence-electron chi connectivity index (χ4n) is 1.55. The summed E-state index contributed by atoms with van der Waals surface area (Å²) in [5.74, 6) is 6.58. The standard InChI is InChI=1S/C17H17N3O3/c1-14-6-7-16(12-20-14)22-10-3-2-9-19-17(21)13-23-15-5-4-8-18-11-15/h4-8,11-12H,9-10,13H2,1H3,(H,19,21). The first-order valence-corrected chi connectivity index (χ1v) is 7.05. The van der Waals surface area contributed by atoms with Gasteiger partial charge >= 0.3 is 0 Å².